The lowest BCUT2D eigenvalue weighted by molar-refractivity contribution is 0.103. The van der Waals surface area contributed by atoms with Crippen LogP contribution in [0.4, 0.5) is 11.4 Å². The third-order valence-electron chi connectivity index (χ3n) is 4.75. The third kappa shape index (κ3) is 3.95. The van der Waals surface area contributed by atoms with Crippen LogP contribution in [0.3, 0.4) is 0 Å². The molecule has 0 atom stereocenters. The standard InChI is InChI=1S/C23H17N7O/c31-23(17-5-4-8-21(11-17)28-20-6-2-1-3-7-20)18-9-10-19-13-26-30(22(19)12-18)16-27-29-14-24-25-15-29/h1-16,28H. The zero-order valence-corrected chi connectivity index (χ0v) is 16.3. The normalized spacial score (nSPS) is 11.2. The Bertz CT molecular complexity index is 1370. The highest BCUT2D eigenvalue weighted by Gasteiger charge is 2.12. The van der Waals surface area contributed by atoms with Gasteiger partial charge >= 0.3 is 0 Å². The molecule has 0 fully saturated rings. The van der Waals surface area contributed by atoms with E-state index in [0.717, 1.165) is 22.3 Å². The molecule has 0 spiro atoms. The molecular formula is C23H17N7O. The van der Waals surface area contributed by atoms with Gasteiger partial charge in [0.05, 0.1) is 11.7 Å². The number of anilines is 2. The number of ketones is 1. The van der Waals surface area contributed by atoms with Gasteiger partial charge in [0.25, 0.3) is 0 Å². The van der Waals surface area contributed by atoms with Crippen LogP contribution in [0, 0.1) is 0 Å². The van der Waals surface area contributed by atoms with Crippen LogP contribution >= 0.6 is 0 Å². The summed E-state index contributed by atoms with van der Waals surface area (Å²) in [7, 11) is 0. The molecular weight excluding hydrogens is 390 g/mol. The molecule has 0 aliphatic rings. The number of fused-ring (bicyclic) bond motifs is 1. The Balaban J connectivity index is 1.43. The summed E-state index contributed by atoms with van der Waals surface area (Å²) in [6.45, 7) is 0. The molecule has 5 rings (SSSR count). The number of rotatable bonds is 6. The Labute approximate surface area is 177 Å². The van der Waals surface area contributed by atoms with E-state index >= 15 is 0 Å². The molecule has 31 heavy (non-hydrogen) atoms. The summed E-state index contributed by atoms with van der Waals surface area (Å²) >= 11 is 0. The number of aromatic nitrogens is 5. The maximum absolute atomic E-state index is 13.2. The van der Waals surface area contributed by atoms with Gasteiger partial charge in [-0.2, -0.15) is 10.2 Å². The van der Waals surface area contributed by atoms with Crippen molar-refractivity contribution < 1.29 is 4.79 Å². The highest BCUT2D eigenvalue weighted by molar-refractivity contribution is 6.11. The molecule has 0 radical (unpaired) electrons. The summed E-state index contributed by atoms with van der Waals surface area (Å²) < 4.78 is 3.08. The van der Waals surface area contributed by atoms with Gasteiger partial charge in [0.2, 0.25) is 0 Å². The molecule has 8 heteroatoms. The SMILES string of the molecule is O=C(c1cccc(Nc2ccccc2)c1)c1ccc2cnn(C=Nn3cnnc3)c2c1. The number of hydrogen-bond donors (Lipinski definition) is 1. The van der Waals surface area contributed by atoms with Crippen LogP contribution in [0.5, 0.6) is 0 Å². The number of carbonyl (C=O) groups excluding carboxylic acids is 1. The molecule has 0 saturated heterocycles. The van der Waals surface area contributed by atoms with E-state index in [1.807, 2.05) is 72.8 Å². The second kappa shape index (κ2) is 8.03. The Hall–Kier alpha value is -4.59. The van der Waals surface area contributed by atoms with E-state index in [4.69, 9.17) is 0 Å². The van der Waals surface area contributed by atoms with Crippen molar-refractivity contribution in [1.29, 1.82) is 0 Å². The molecule has 1 N–H and O–H groups in total. The van der Waals surface area contributed by atoms with Gasteiger partial charge in [0.1, 0.15) is 19.0 Å². The summed E-state index contributed by atoms with van der Waals surface area (Å²) in [5, 5.41) is 20.2. The zero-order chi connectivity index (χ0) is 21.0. The maximum atomic E-state index is 13.2. The van der Waals surface area contributed by atoms with Crippen LogP contribution in [0.1, 0.15) is 15.9 Å². The van der Waals surface area contributed by atoms with E-state index in [2.05, 4.69) is 25.7 Å². The molecule has 8 nitrogen and oxygen atoms in total. The smallest absolute Gasteiger partial charge is 0.193 e. The van der Waals surface area contributed by atoms with Crippen molar-refractivity contribution in [1.82, 2.24) is 24.7 Å². The molecule has 150 valence electrons. The first-order chi connectivity index (χ1) is 15.3. The van der Waals surface area contributed by atoms with Gasteiger partial charge in [-0.3, -0.25) is 4.79 Å². The molecule has 0 saturated carbocycles. The number of hydrogen-bond acceptors (Lipinski definition) is 6. The summed E-state index contributed by atoms with van der Waals surface area (Å²) in [5.41, 5.74) is 3.77. The maximum Gasteiger partial charge on any atom is 0.193 e. The lowest BCUT2D eigenvalue weighted by atomic mass is 10.0. The number of carbonyl (C=O) groups is 1. The summed E-state index contributed by atoms with van der Waals surface area (Å²) in [6.07, 6.45) is 6.23. The lowest BCUT2D eigenvalue weighted by Gasteiger charge is -2.08. The minimum atomic E-state index is -0.0675. The van der Waals surface area contributed by atoms with Crippen LogP contribution < -0.4 is 5.32 Å². The molecule has 0 amide bonds. The fraction of sp³-hybridized carbons (Fsp3) is 0. The minimum absolute atomic E-state index is 0.0675. The van der Waals surface area contributed by atoms with Crippen molar-refractivity contribution in [3.63, 3.8) is 0 Å². The van der Waals surface area contributed by atoms with E-state index in [1.165, 1.54) is 17.3 Å². The van der Waals surface area contributed by atoms with Gasteiger partial charge in [-0.15, -0.1) is 10.2 Å². The lowest BCUT2D eigenvalue weighted by Crippen LogP contribution is -2.04. The van der Waals surface area contributed by atoms with E-state index in [0.29, 0.717) is 11.1 Å². The first kappa shape index (κ1) is 18.4. The number of nitrogens with one attached hydrogen (secondary N) is 1. The van der Waals surface area contributed by atoms with Gasteiger partial charge in [0, 0.05) is 27.9 Å². The molecule has 0 aliphatic carbocycles. The molecule has 0 bridgehead atoms. The monoisotopic (exact) mass is 407 g/mol. The van der Waals surface area contributed by atoms with Gasteiger partial charge in [-0.25, -0.2) is 9.36 Å². The van der Waals surface area contributed by atoms with Crippen LogP contribution in [0.2, 0.25) is 0 Å². The second-order valence-corrected chi connectivity index (χ2v) is 6.84. The van der Waals surface area contributed by atoms with Crippen molar-refractivity contribution >= 4 is 34.4 Å². The summed E-state index contributed by atoms with van der Waals surface area (Å²) in [4.78, 5) is 13.2. The number of nitrogens with zero attached hydrogens (tertiary/aromatic N) is 6. The summed E-state index contributed by atoms with van der Waals surface area (Å²) in [5.74, 6) is -0.0675. The largest absolute Gasteiger partial charge is 0.356 e. The van der Waals surface area contributed by atoms with Crippen molar-refractivity contribution in [2.45, 2.75) is 0 Å². The van der Waals surface area contributed by atoms with Gasteiger partial charge in [-0.1, -0.05) is 42.5 Å². The molecule has 2 aromatic heterocycles. The number of benzene rings is 3. The average Bonchev–Trinajstić information content (AvgIpc) is 3.47. The van der Waals surface area contributed by atoms with E-state index < -0.39 is 0 Å². The zero-order valence-electron chi connectivity index (χ0n) is 16.3. The topological polar surface area (TPSA) is 90.0 Å². The van der Waals surface area contributed by atoms with E-state index in [-0.39, 0.29) is 5.78 Å². The molecule has 0 unspecified atom stereocenters. The molecule has 5 aromatic rings. The third-order valence-corrected chi connectivity index (χ3v) is 4.75. The van der Waals surface area contributed by atoms with E-state index in [9.17, 15) is 4.79 Å². The quantitative estimate of drug-likeness (QED) is 0.262. The summed E-state index contributed by atoms with van der Waals surface area (Å²) in [6, 6.07) is 22.8. The van der Waals surface area contributed by atoms with Gasteiger partial charge in [0.15, 0.2) is 5.78 Å². The fourth-order valence-electron chi connectivity index (χ4n) is 3.23. The van der Waals surface area contributed by atoms with Crippen LogP contribution in [0.25, 0.3) is 10.9 Å². The van der Waals surface area contributed by atoms with Crippen molar-refractivity contribution in [2.75, 3.05) is 5.32 Å². The Morgan fingerprint density at radius 2 is 1.65 bits per heavy atom. The molecule has 2 heterocycles. The first-order valence-corrected chi connectivity index (χ1v) is 9.59. The van der Waals surface area contributed by atoms with Crippen LogP contribution in [0.15, 0.2) is 96.7 Å². The molecule has 3 aromatic carbocycles. The highest BCUT2D eigenvalue weighted by Crippen LogP contribution is 2.21. The van der Waals surface area contributed by atoms with Crippen LogP contribution in [-0.4, -0.2) is 36.8 Å². The first-order valence-electron chi connectivity index (χ1n) is 9.59. The van der Waals surface area contributed by atoms with E-state index in [1.54, 1.807) is 17.2 Å². The highest BCUT2D eigenvalue weighted by atomic mass is 16.1. The molecule has 0 aliphatic heterocycles. The fourth-order valence-corrected chi connectivity index (χ4v) is 3.23. The predicted molar refractivity (Wildman–Crippen MR) is 119 cm³/mol. The predicted octanol–water partition coefficient (Wildman–Crippen LogP) is 3.94. The van der Waals surface area contributed by atoms with Crippen LogP contribution in [-0.2, 0) is 0 Å². The Morgan fingerprint density at radius 3 is 2.48 bits per heavy atom. The van der Waals surface area contributed by atoms with Crippen molar-refractivity contribution in [2.24, 2.45) is 5.10 Å². The van der Waals surface area contributed by atoms with Gasteiger partial charge in [-0.05, 0) is 30.3 Å². The Morgan fingerprint density at radius 1 is 0.871 bits per heavy atom. The van der Waals surface area contributed by atoms with Crippen molar-refractivity contribution in [3.05, 3.63) is 103 Å². The van der Waals surface area contributed by atoms with Gasteiger partial charge < -0.3 is 5.32 Å². The van der Waals surface area contributed by atoms with Crippen molar-refractivity contribution in [3.8, 4) is 0 Å². The average molecular weight is 407 g/mol. The number of para-hydroxylation sites is 1. The second-order valence-electron chi connectivity index (χ2n) is 6.84. The Kier molecular flexibility index (Phi) is 4.78. The minimum Gasteiger partial charge on any atom is -0.356 e.